The second kappa shape index (κ2) is 5.29. The van der Waals surface area contributed by atoms with E-state index in [0.29, 0.717) is 16.3 Å². The fourth-order valence-corrected chi connectivity index (χ4v) is 0.991. The number of nitrogens with zero attached hydrogens (tertiary/aromatic N) is 1. The van der Waals surface area contributed by atoms with Crippen LogP contribution in [0.1, 0.15) is 5.56 Å². The van der Waals surface area contributed by atoms with E-state index in [1.54, 1.807) is 12.1 Å². The summed E-state index contributed by atoms with van der Waals surface area (Å²) in [5.41, 5.74) is 0.688. The lowest BCUT2D eigenvalue weighted by Crippen LogP contribution is -1.99. The second-order valence-electron chi connectivity index (χ2n) is 2.59. The summed E-state index contributed by atoms with van der Waals surface area (Å²) < 4.78 is 5.32. The maximum atomic E-state index is 8.39. The van der Waals surface area contributed by atoms with Crippen molar-refractivity contribution in [3.05, 3.63) is 41.4 Å². The Morgan fingerprint density at radius 1 is 1.57 bits per heavy atom. The Labute approximate surface area is 87.3 Å². The highest BCUT2D eigenvalue weighted by Crippen LogP contribution is 2.16. The molecule has 0 aliphatic carbocycles. The average Bonchev–Trinajstić information content (AvgIpc) is 2.17. The standard InChI is InChI=1S/C10H10ClNO2/c1-8(11)7-14-10-5-3-2-4-9(10)6-12-13/h2-6,13H,1,7H2/b12-6+. The number of halogens is 1. The van der Waals surface area contributed by atoms with Crippen LogP contribution in [0.25, 0.3) is 0 Å². The number of rotatable bonds is 4. The summed E-state index contributed by atoms with van der Waals surface area (Å²) in [6, 6.07) is 7.17. The van der Waals surface area contributed by atoms with E-state index in [-0.39, 0.29) is 6.61 Å². The number of hydrogen-bond acceptors (Lipinski definition) is 3. The van der Waals surface area contributed by atoms with Crippen LogP contribution in [0.4, 0.5) is 0 Å². The van der Waals surface area contributed by atoms with Gasteiger partial charge in [0, 0.05) is 10.6 Å². The van der Waals surface area contributed by atoms with Crippen LogP contribution < -0.4 is 4.74 Å². The Bertz CT molecular complexity index is 350. The first-order valence-corrected chi connectivity index (χ1v) is 4.34. The van der Waals surface area contributed by atoms with Crippen molar-refractivity contribution in [3.8, 4) is 5.75 Å². The molecular formula is C10H10ClNO2. The normalized spacial score (nSPS) is 10.4. The van der Waals surface area contributed by atoms with Gasteiger partial charge in [0.1, 0.15) is 12.4 Å². The monoisotopic (exact) mass is 211 g/mol. The lowest BCUT2D eigenvalue weighted by Gasteiger charge is -2.06. The van der Waals surface area contributed by atoms with Crippen molar-refractivity contribution < 1.29 is 9.94 Å². The largest absolute Gasteiger partial charge is 0.487 e. The Morgan fingerprint density at radius 3 is 2.93 bits per heavy atom. The molecule has 4 heteroatoms. The van der Waals surface area contributed by atoms with Gasteiger partial charge in [-0.15, -0.1) is 0 Å². The summed E-state index contributed by atoms with van der Waals surface area (Å²) in [5.74, 6) is 0.604. The topological polar surface area (TPSA) is 41.8 Å². The van der Waals surface area contributed by atoms with Crippen LogP contribution in [0.15, 0.2) is 41.0 Å². The van der Waals surface area contributed by atoms with Crippen molar-refractivity contribution in [1.29, 1.82) is 0 Å². The van der Waals surface area contributed by atoms with Gasteiger partial charge >= 0.3 is 0 Å². The fourth-order valence-electron chi connectivity index (χ4n) is 0.937. The van der Waals surface area contributed by atoms with Gasteiger partial charge in [-0.2, -0.15) is 0 Å². The van der Waals surface area contributed by atoms with E-state index in [4.69, 9.17) is 21.5 Å². The van der Waals surface area contributed by atoms with E-state index in [0.717, 1.165) is 0 Å². The summed E-state index contributed by atoms with van der Waals surface area (Å²) in [4.78, 5) is 0. The molecule has 0 amide bonds. The van der Waals surface area contributed by atoms with Crippen LogP contribution >= 0.6 is 11.6 Å². The van der Waals surface area contributed by atoms with Crippen LogP contribution in [0.5, 0.6) is 5.75 Å². The maximum Gasteiger partial charge on any atom is 0.128 e. The third kappa shape index (κ3) is 3.11. The predicted molar refractivity (Wildman–Crippen MR) is 56.3 cm³/mol. The lowest BCUT2D eigenvalue weighted by molar-refractivity contribution is 0.321. The van der Waals surface area contributed by atoms with Gasteiger partial charge in [0.05, 0.1) is 6.21 Å². The van der Waals surface area contributed by atoms with Crippen LogP contribution in [0.3, 0.4) is 0 Å². The molecule has 0 aliphatic rings. The molecule has 14 heavy (non-hydrogen) atoms. The molecule has 0 bridgehead atoms. The van der Waals surface area contributed by atoms with Gasteiger partial charge in [0.15, 0.2) is 0 Å². The Morgan fingerprint density at radius 2 is 2.29 bits per heavy atom. The zero-order valence-corrected chi connectivity index (χ0v) is 8.24. The third-order valence-corrected chi connectivity index (χ3v) is 1.61. The molecule has 0 saturated heterocycles. The number of ether oxygens (including phenoxy) is 1. The van der Waals surface area contributed by atoms with E-state index in [1.807, 2.05) is 12.1 Å². The molecule has 0 heterocycles. The molecular weight excluding hydrogens is 202 g/mol. The first kappa shape index (κ1) is 10.6. The van der Waals surface area contributed by atoms with Crippen LogP contribution in [0.2, 0.25) is 0 Å². The van der Waals surface area contributed by atoms with Gasteiger partial charge in [0.25, 0.3) is 0 Å². The van der Waals surface area contributed by atoms with Gasteiger partial charge < -0.3 is 9.94 Å². The predicted octanol–water partition coefficient (Wildman–Crippen LogP) is 2.63. The number of para-hydroxylation sites is 1. The number of benzene rings is 1. The highest BCUT2D eigenvalue weighted by Gasteiger charge is 2.00. The molecule has 1 aromatic rings. The zero-order valence-electron chi connectivity index (χ0n) is 7.48. The first-order chi connectivity index (χ1) is 6.74. The average molecular weight is 212 g/mol. The molecule has 1 aromatic carbocycles. The summed E-state index contributed by atoms with van der Waals surface area (Å²) in [7, 11) is 0. The molecule has 0 unspecified atom stereocenters. The van der Waals surface area contributed by atoms with Crippen molar-refractivity contribution in [3.63, 3.8) is 0 Å². The summed E-state index contributed by atoms with van der Waals surface area (Å²) in [5, 5.41) is 11.7. The molecule has 0 radical (unpaired) electrons. The van der Waals surface area contributed by atoms with E-state index in [2.05, 4.69) is 11.7 Å². The Hall–Kier alpha value is -1.48. The van der Waals surface area contributed by atoms with E-state index in [9.17, 15) is 0 Å². The number of hydrogen-bond donors (Lipinski definition) is 1. The third-order valence-electron chi connectivity index (χ3n) is 1.50. The van der Waals surface area contributed by atoms with E-state index >= 15 is 0 Å². The van der Waals surface area contributed by atoms with E-state index < -0.39 is 0 Å². The number of oxime groups is 1. The first-order valence-electron chi connectivity index (χ1n) is 3.96. The van der Waals surface area contributed by atoms with Gasteiger partial charge in [0.2, 0.25) is 0 Å². The summed E-state index contributed by atoms with van der Waals surface area (Å²) >= 11 is 5.55. The lowest BCUT2D eigenvalue weighted by atomic mass is 10.2. The molecule has 0 saturated carbocycles. The van der Waals surface area contributed by atoms with Crippen molar-refractivity contribution in [1.82, 2.24) is 0 Å². The van der Waals surface area contributed by atoms with Gasteiger partial charge in [-0.1, -0.05) is 35.5 Å². The van der Waals surface area contributed by atoms with Gasteiger partial charge in [-0.05, 0) is 12.1 Å². The molecule has 74 valence electrons. The van der Waals surface area contributed by atoms with E-state index in [1.165, 1.54) is 6.21 Å². The van der Waals surface area contributed by atoms with Gasteiger partial charge in [-0.3, -0.25) is 0 Å². The minimum Gasteiger partial charge on any atom is -0.487 e. The van der Waals surface area contributed by atoms with Crippen molar-refractivity contribution >= 4 is 17.8 Å². The Balaban J connectivity index is 2.79. The van der Waals surface area contributed by atoms with Gasteiger partial charge in [-0.25, -0.2) is 0 Å². The molecule has 0 aromatic heterocycles. The fraction of sp³-hybridized carbons (Fsp3) is 0.100. The minimum atomic E-state index is 0.234. The molecule has 0 fully saturated rings. The highest BCUT2D eigenvalue weighted by molar-refractivity contribution is 6.29. The second-order valence-corrected chi connectivity index (χ2v) is 3.12. The van der Waals surface area contributed by atoms with Crippen molar-refractivity contribution in [2.75, 3.05) is 6.61 Å². The van der Waals surface area contributed by atoms with Crippen molar-refractivity contribution in [2.24, 2.45) is 5.16 Å². The van der Waals surface area contributed by atoms with Crippen LogP contribution in [-0.4, -0.2) is 18.0 Å². The maximum absolute atomic E-state index is 8.39. The SMILES string of the molecule is C=C(Cl)COc1ccccc1/C=N/O. The van der Waals surface area contributed by atoms with Crippen LogP contribution in [0, 0.1) is 0 Å². The highest BCUT2D eigenvalue weighted by atomic mass is 35.5. The Kier molecular flexibility index (Phi) is 4.01. The molecule has 1 rings (SSSR count). The zero-order chi connectivity index (χ0) is 10.4. The molecule has 0 atom stereocenters. The molecule has 1 N–H and O–H groups in total. The minimum absolute atomic E-state index is 0.234. The smallest absolute Gasteiger partial charge is 0.128 e. The molecule has 3 nitrogen and oxygen atoms in total. The molecule has 0 aliphatic heterocycles. The quantitative estimate of drug-likeness (QED) is 0.473. The summed E-state index contributed by atoms with van der Waals surface area (Å²) in [6.45, 7) is 3.74. The van der Waals surface area contributed by atoms with Crippen LogP contribution in [-0.2, 0) is 0 Å². The summed E-state index contributed by atoms with van der Waals surface area (Å²) in [6.07, 6.45) is 1.30. The molecule has 0 spiro atoms. The van der Waals surface area contributed by atoms with Crippen molar-refractivity contribution in [2.45, 2.75) is 0 Å².